The highest BCUT2D eigenvalue weighted by Crippen LogP contribution is 2.40. The lowest BCUT2D eigenvalue weighted by Gasteiger charge is -2.19. The van der Waals surface area contributed by atoms with E-state index in [4.69, 9.17) is 9.47 Å². The minimum Gasteiger partial charge on any atom is -0.488 e. The number of pyridine rings is 2. The Bertz CT molecular complexity index is 1590. The lowest BCUT2D eigenvalue weighted by molar-refractivity contribution is -0.139. The van der Waals surface area contributed by atoms with E-state index in [1.165, 1.54) is 54.0 Å². The van der Waals surface area contributed by atoms with Crippen molar-refractivity contribution in [2.75, 3.05) is 33.5 Å². The number of amides is 3. The molecule has 3 aromatic rings. The molecule has 44 heavy (non-hydrogen) atoms. The van der Waals surface area contributed by atoms with Gasteiger partial charge in [-0.2, -0.15) is 13.2 Å². The molecule has 2 N–H and O–H groups in total. The minimum atomic E-state index is -4.70. The largest absolute Gasteiger partial charge is 0.488 e. The summed E-state index contributed by atoms with van der Waals surface area (Å²) in [6, 6.07) is 4.38. The van der Waals surface area contributed by atoms with E-state index in [1.807, 2.05) is 0 Å². The number of carbonyl (C=O) groups is 3. The number of hydrogen-bond donors (Lipinski definition) is 2. The number of aromatic nitrogens is 3. The fraction of sp³-hybridized carbons (Fsp3) is 0.414. The van der Waals surface area contributed by atoms with Gasteiger partial charge < -0.3 is 34.1 Å². The number of likely N-dealkylation sites (N-methyl/N-ethyl adjacent to an activating group) is 1. The van der Waals surface area contributed by atoms with Crippen molar-refractivity contribution in [2.45, 2.75) is 51.6 Å². The average molecular weight is 621 g/mol. The Labute approximate surface area is 251 Å². The van der Waals surface area contributed by atoms with Gasteiger partial charge in [-0.05, 0) is 51.0 Å². The van der Waals surface area contributed by atoms with Crippen LogP contribution in [0.3, 0.4) is 0 Å². The van der Waals surface area contributed by atoms with Gasteiger partial charge in [-0.1, -0.05) is 6.08 Å². The van der Waals surface area contributed by atoms with E-state index in [1.54, 1.807) is 34.0 Å². The number of nitrogens with zero attached hydrogens (tertiary/aromatic N) is 4. The molecular formula is C29H35F3N6O6. The molecule has 0 fully saturated rings. The van der Waals surface area contributed by atoms with Gasteiger partial charge in [-0.15, -0.1) is 0 Å². The molecule has 15 heteroatoms. The van der Waals surface area contributed by atoms with Crippen LogP contribution in [-0.2, 0) is 27.0 Å². The summed E-state index contributed by atoms with van der Waals surface area (Å²) in [7, 11) is 6.08. The number of nitrogens with one attached hydrogen (secondary N) is 2. The SMILES string of the molecule is CC(C)Oc1c(C(F)(F)F)cnc2cc(Cn3cccc(NC(=O)[C@H](CC/C=C/C(=O)N(C)C)OC(=O)N(C)C)c3=O)[nH]c12. The Morgan fingerprint density at radius 3 is 2.48 bits per heavy atom. The first-order valence-electron chi connectivity index (χ1n) is 13.6. The summed E-state index contributed by atoms with van der Waals surface area (Å²) in [5.74, 6) is -1.40. The van der Waals surface area contributed by atoms with E-state index in [-0.39, 0.29) is 42.0 Å². The second kappa shape index (κ2) is 14.1. The van der Waals surface area contributed by atoms with Crippen molar-refractivity contribution in [2.24, 2.45) is 0 Å². The summed E-state index contributed by atoms with van der Waals surface area (Å²) in [5, 5.41) is 2.50. The summed E-state index contributed by atoms with van der Waals surface area (Å²) in [6.07, 6.45) is -2.00. The third-order valence-electron chi connectivity index (χ3n) is 6.13. The number of ether oxygens (including phenoxy) is 2. The average Bonchev–Trinajstić information content (AvgIpc) is 3.34. The Morgan fingerprint density at radius 2 is 1.86 bits per heavy atom. The maximum Gasteiger partial charge on any atom is 0.421 e. The Morgan fingerprint density at radius 1 is 1.16 bits per heavy atom. The van der Waals surface area contributed by atoms with Gasteiger partial charge in [0.15, 0.2) is 11.9 Å². The van der Waals surface area contributed by atoms with E-state index < -0.39 is 47.3 Å². The van der Waals surface area contributed by atoms with Crippen LogP contribution in [0.5, 0.6) is 5.75 Å². The number of fused-ring (bicyclic) bond motifs is 1. The highest BCUT2D eigenvalue weighted by atomic mass is 19.4. The van der Waals surface area contributed by atoms with Crippen LogP contribution in [0.2, 0.25) is 0 Å². The summed E-state index contributed by atoms with van der Waals surface area (Å²) in [5.41, 5.74) is -1.14. The Balaban J connectivity index is 1.85. The molecule has 0 saturated carbocycles. The van der Waals surface area contributed by atoms with Gasteiger partial charge in [0, 0.05) is 46.3 Å². The summed E-state index contributed by atoms with van der Waals surface area (Å²) in [6.45, 7) is 3.11. The first kappa shape index (κ1) is 33.7. The van der Waals surface area contributed by atoms with Crippen LogP contribution in [0.15, 0.2) is 47.5 Å². The number of H-pyrrole nitrogens is 1. The lowest BCUT2D eigenvalue weighted by atomic mass is 10.1. The van der Waals surface area contributed by atoms with Gasteiger partial charge in [0.1, 0.15) is 16.8 Å². The number of halogens is 3. The van der Waals surface area contributed by atoms with Crippen LogP contribution < -0.4 is 15.6 Å². The standard InChI is InChI=1S/C29H35F3N6O6/c1-17(2)43-25-19(29(30,31)32)15-33-21-14-18(34-24(21)25)16-38-13-9-10-20(27(38)41)35-26(40)22(44-28(42)37(5)6)11-7-8-12-23(39)36(3)4/h8-10,12-15,17,22,34H,7,11,16H2,1-6H3,(H,35,40)/b12-8+/t22-/m0/s1. The van der Waals surface area contributed by atoms with Crippen molar-refractivity contribution in [3.05, 3.63) is 64.4 Å². The number of alkyl halides is 3. The van der Waals surface area contributed by atoms with Crippen LogP contribution in [-0.4, -0.2) is 82.6 Å². The van der Waals surface area contributed by atoms with Crippen LogP contribution >= 0.6 is 0 Å². The lowest BCUT2D eigenvalue weighted by Crippen LogP contribution is -2.37. The maximum absolute atomic E-state index is 13.6. The van der Waals surface area contributed by atoms with E-state index >= 15 is 0 Å². The van der Waals surface area contributed by atoms with Gasteiger partial charge in [0.2, 0.25) is 5.91 Å². The molecule has 0 radical (unpaired) electrons. The Hall–Kier alpha value is -4.82. The quantitative estimate of drug-likeness (QED) is 0.309. The van der Waals surface area contributed by atoms with Crippen molar-refractivity contribution in [3.8, 4) is 5.75 Å². The molecule has 3 rings (SSSR count). The maximum atomic E-state index is 13.6. The van der Waals surface area contributed by atoms with Crippen molar-refractivity contribution in [1.82, 2.24) is 24.3 Å². The molecule has 3 heterocycles. The zero-order valence-corrected chi connectivity index (χ0v) is 25.2. The van der Waals surface area contributed by atoms with E-state index in [0.29, 0.717) is 11.9 Å². The zero-order valence-electron chi connectivity index (χ0n) is 25.2. The van der Waals surface area contributed by atoms with Gasteiger partial charge in [0.05, 0.1) is 18.2 Å². The number of allylic oxidation sites excluding steroid dienone is 1. The number of anilines is 1. The second-order valence-corrected chi connectivity index (χ2v) is 10.5. The normalized spacial score (nSPS) is 12.4. The predicted molar refractivity (Wildman–Crippen MR) is 156 cm³/mol. The van der Waals surface area contributed by atoms with Gasteiger partial charge in [-0.25, -0.2) is 4.79 Å². The highest BCUT2D eigenvalue weighted by Gasteiger charge is 2.36. The summed E-state index contributed by atoms with van der Waals surface area (Å²) < 4.78 is 52.9. The first-order valence-corrected chi connectivity index (χ1v) is 13.6. The van der Waals surface area contributed by atoms with E-state index in [9.17, 15) is 32.3 Å². The number of carbonyl (C=O) groups excluding carboxylic acids is 3. The van der Waals surface area contributed by atoms with Crippen LogP contribution in [0, 0.1) is 0 Å². The first-order chi connectivity index (χ1) is 20.6. The molecular weight excluding hydrogens is 585 g/mol. The molecule has 0 unspecified atom stereocenters. The minimum absolute atomic E-state index is 0.0341. The smallest absolute Gasteiger partial charge is 0.421 e. The van der Waals surface area contributed by atoms with E-state index in [2.05, 4.69) is 15.3 Å². The number of aromatic amines is 1. The molecule has 0 aliphatic heterocycles. The molecule has 1 atom stereocenters. The van der Waals surface area contributed by atoms with Crippen LogP contribution in [0.1, 0.15) is 37.9 Å². The number of rotatable bonds is 11. The van der Waals surface area contributed by atoms with Crippen molar-refractivity contribution in [1.29, 1.82) is 0 Å². The molecule has 0 bridgehead atoms. The second-order valence-electron chi connectivity index (χ2n) is 10.5. The molecule has 3 amide bonds. The van der Waals surface area contributed by atoms with Crippen LogP contribution in [0.25, 0.3) is 11.0 Å². The van der Waals surface area contributed by atoms with Gasteiger partial charge in [0.25, 0.3) is 11.5 Å². The molecule has 0 aromatic carbocycles. The predicted octanol–water partition coefficient (Wildman–Crippen LogP) is 4.01. The monoisotopic (exact) mass is 620 g/mol. The fourth-order valence-corrected chi connectivity index (χ4v) is 3.95. The molecule has 0 saturated heterocycles. The molecule has 12 nitrogen and oxygen atoms in total. The molecule has 0 aliphatic rings. The van der Waals surface area contributed by atoms with Crippen molar-refractivity contribution < 1.29 is 37.0 Å². The highest BCUT2D eigenvalue weighted by molar-refractivity contribution is 5.95. The zero-order chi connectivity index (χ0) is 32.8. The third kappa shape index (κ3) is 8.61. The molecule has 0 spiro atoms. The fourth-order valence-electron chi connectivity index (χ4n) is 3.95. The van der Waals surface area contributed by atoms with Gasteiger partial charge >= 0.3 is 12.3 Å². The van der Waals surface area contributed by atoms with Crippen molar-refractivity contribution >= 4 is 34.6 Å². The summed E-state index contributed by atoms with van der Waals surface area (Å²) in [4.78, 5) is 59.6. The van der Waals surface area contributed by atoms with Gasteiger partial charge in [-0.3, -0.25) is 19.4 Å². The van der Waals surface area contributed by atoms with Crippen LogP contribution in [0.4, 0.5) is 23.7 Å². The van der Waals surface area contributed by atoms with Crippen molar-refractivity contribution in [3.63, 3.8) is 0 Å². The molecule has 0 aliphatic carbocycles. The Kier molecular flexibility index (Phi) is 10.8. The third-order valence-corrected chi connectivity index (χ3v) is 6.13. The van der Waals surface area contributed by atoms with E-state index in [0.717, 1.165) is 4.90 Å². The summed E-state index contributed by atoms with van der Waals surface area (Å²) >= 11 is 0. The number of hydrogen-bond acceptors (Lipinski definition) is 7. The topological polar surface area (TPSA) is 139 Å². The molecule has 3 aromatic heterocycles. The molecule has 238 valence electrons.